The molecule has 3 heteroatoms. The predicted octanol–water partition coefficient (Wildman–Crippen LogP) is 3.43. The number of carbonyl (C=O) groups excluding carboxylic acids is 1. The monoisotopic (exact) mass is 259 g/mol. The summed E-state index contributed by atoms with van der Waals surface area (Å²) in [7, 11) is 0. The van der Waals surface area contributed by atoms with Crippen LogP contribution >= 0.6 is 11.6 Å². The molecule has 2 aromatic rings. The number of hydrogen-bond acceptors (Lipinski definition) is 2. The van der Waals surface area contributed by atoms with Gasteiger partial charge in [-0.25, -0.2) is 0 Å². The van der Waals surface area contributed by atoms with Gasteiger partial charge in [0.15, 0.2) is 0 Å². The number of carbonyl (C=O) groups is 1. The van der Waals surface area contributed by atoms with Crippen LogP contribution in [0.4, 0.5) is 0 Å². The Morgan fingerprint density at radius 2 is 1.94 bits per heavy atom. The lowest BCUT2D eigenvalue weighted by atomic mass is 9.80. The Hall–Kier alpha value is -1.67. The molecule has 0 spiro atoms. The largest absolute Gasteiger partial charge is 0.302 e. The van der Waals surface area contributed by atoms with Crippen molar-refractivity contribution < 1.29 is 4.79 Å². The summed E-state index contributed by atoms with van der Waals surface area (Å²) in [6, 6.07) is 13.1. The highest BCUT2D eigenvalue weighted by Crippen LogP contribution is 2.26. The minimum Gasteiger partial charge on any atom is -0.302 e. The Morgan fingerprint density at radius 1 is 1.22 bits per heavy atom. The molecular formula is C15H14ClNO. The van der Waals surface area contributed by atoms with Gasteiger partial charge in [-0.15, -0.1) is 0 Å². The van der Waals surface area contributed by atoms with Gasteiger partial charge in [0.25, 0.3) is 0 Å². The van der Waals surface area contributed by atoms with Crippen molar-refractivity contribution in [2.24, 2.45) is 0 Å². The van der Waals surface area contributed by atoms with Crippen molar-refractivity contribution in [1.29, 1.82) is 0 Å². The number of aromatic nitrogens is 1. The van der Waals surface area contributed by atoms with Crippen LogP contribution in [0.5, 0.6) is 0 Å². The smallest absolute Gasteiger partial charge is 0.130 e. The number of rotatable bonds is 4. The maximum absolute atomic E-state index is 11.5. The van der Waals surface area contributed by atoms with Gasteiger partial charge in [-0.2, -0.15) is 0 Å². The molecule has 0 fully saturated rings. The lowest BCUT2D eigenvalue weighted by Gasteiger charge is -2.23. The van der Waals surface area contributed by atoms with Crippen molar-refractivity contribution in [2.75, 3.05) is 0 Å². The van der Waals surface area contributed by atoms with Crippen molar-refractivity contribution in [3.05, 3.63) is 64.9 Å². The third kappa shape index (κ3) is 2.77. The van der Waals surface area contributed by atoms with Crippen LogP contribution in [0.3, 0.4) is 0 Å². The summed E-state index contributed by atoms with van der Waals surface area (Å²) in [5, 5.41) is 0.671. The number of aldehydes is 1. The molecule has 1 heterocycles. The highest BCUT2D eigenvalue weighted by atomic mass is 35.5. The Labute approximate surface area is 112 Å². The molecule has 18 heavy (non-hydrogen) atoms. The average molecular weight is 260 g/mol. The van der Waals surface area contributed by atoms with Crippen LogP contribution in [0.15, 0.2) is 48.7 Å². The van der Waals surface area contributed by atoms with Gasteiger partial charge in [-0.05, 0) is 36.8 Å². The Bertz CT molecular complexity index is 524. The number of hydrogen-bond donors (Lipinski definition) is 0. The molecule has 2 rings (SSSR count). The third-order valence-corrected chi connectivity index (χ3v) is 3.29. The van der Waals surface area contributed by atoms with Crippen LogP contribution in [0, 0.1) is 0 Å². The molecule has 1 aromatic heterocycles. The van der Waals surface area contributed by atoms with Crippen molar-refractivity contribution in [2.45, 2.75) is 18.8 Å². The molecule has 2 nitrogen and oxygen atoms in total. The van der Waals surface area contributed by atoms with E-state index in [2.05, 4.69) is 4.98 Å². The first kappa shape index (κ1) is 12.8. The molecule has 0 saturated carbocycles. The molecule has 0 aliphatic heterocycles. The van der Waals surface area contributed by atoms with E-state index in [0.717, 1.165) is 17.5 Å². The second kappa shape index (κ2) is 5.32. The molecular weight excluding hydrogens is 246 g/mol. The molecule has 1 aromatic carbocycles. The lowest BCUT2D eigenvalue weighted by Crippen LogP contribution is -2.27. The van der Waals surface area contributed by atoms with Gasteiger partial charge >= 0.3 is 0 Å². The summed E-state index contributed by atoms with van der Waals surface area (Å²) in [4.78, 5) is 15.7. The van der Waals surface area contributed by atoms with E-state index < -0.39 is 5.41 Å². The quantitative estimate of drug-likeness (QED) is 0.788. The fourth-order valence-electron chi connectivity index (χ4n) is 1.92. The van der Waals surface area contributed by atoms with Crippen molar-refractivity contribution in [1.82, 2.24) is 4.98 Å². The van der Waals surface area contributed by atoms with Gasteiger partial charge in [0.2, 0.25) is 0 Å². The summed E-state index contributed by atoms with van der Waals surface area (Å²) >= 11 is 5.86. The van der Waals surface area contributed by atoms with Gasteiger partial charge < -0.3 is 4.79 Å². The van der Waals surface area contributed by atoms with E-state index in [9.17, 15) is 4.79 Å². The SMILES string of the molecule is CC(C=O)(Cc1ccccn1)c1ccc(Cl)cc1. The Balaban J connectivity index is 2.30. The van der Waals surface area contributed by atoms with E-state index >= 15 is 0 Å². The average Bonchev–Trinajstić information content (AvgIpc) is 2.40. The fourth-order valence-corrected chi connectivity index (χ4v) is 2.05. The van der Waals surface area contributed by atoms with Gasteiger partial charge in [0, 0.05) is 23.3 Å². The van der Waals surface area contributed by atoms with Gasteiger partial charge in [0.05, 0.1) is 5.41 Å². The molecule has 0 N–H and O–H groups in total. The van der Waals surface area contributed by atoms with E-state index in [4.69, 9.17) is 11.6 Å². The second-order valence-corrected chi connectivity index (χ2v) is 4.98. The van der Waals surface area contributed by atoms with E-state index in [1.165, 1.54) is 0 Å². The minimum absolute atomic E-state index is 0.570. The molecule has 92 valence electrons. The zero-order chi connectivity index (χ0) is 13.0. The van der Waals surface area contributed by atoms with Crippen LogP contribution in [-0.4, -0.2) is 11.3 Å². The maximum atomic E-state index is 11.5. The standard InChI is InChI=1S/C15H14ClNO/c1-15(11-18,10-14-4-2-3-9-17-14)12-5-7-13(16)8-6-12/h2-9,11H,10H2,1H3. The minimum atomic E-state index is -0.570. The molecule has 0 aliphatic rings. The second-order valence-electron chi connectivity index (χ2n) is 4.54. The molecule has 0 aliphatic carbocycles. The highest BCUT2D eigenvalue weighted by molar-refractivity contribution is 6.30. The summed E-state index contributed by atoms with van der Waals surface area (Å²) in [5.41, 5.74) is 1.29. The number of nitrogens with zero attached hydrogens (tertiary/aromatic N) is 1. The van der Waals surface area contributed by atoms with Gasteiger partial charge in [-0.3, -0.25) is 4.98 Å². The normalized spacial score (nSPS) is 13.9. The first-order valence-corrected chi connectivity index (χ1v) is 6.14. The fraction of sp³-hybridized carbons (Fsp3) is 0.200. The Kier molecular flexibility index (Phi) is 3.78. The first-order chi connectivity index (χ1) is 8.64. The molecule has 1 unspecified atom stereocenters. The summed E-state index contributed by atoms with van der Waals surface area (Å²) < 4.78 is 0. The summed E-state index contributed by atoms with van der Waals surface area (Å²) in [6.45, 7) is 1.91. The molecule has 0 amide bonds. The number of halogens is 1. The van der Waals surface area contributed by atoms with E-state index in [1.807, 2.05) is 37.3 Å². The Morgan fingerprint density at radius 3 is 2.50 bits per heavy atom. The van der Waals surface area contributed by atoms with Crippen molar-refractivity contribution in [3.63, 3.8) is 0 Å². The zero-order valence-electron chi connectivity index (χ0n) is 10.1. The van der Waals surface area contributed by atoms with Crippen LogP contribution in [-0.2, 0) is 16.6 Å². The van der Waals surface area contributed by atoms with Crippen molar-refractivity contribution in [3.8, 4) is 0 Å². The predicted molar refractivity (Wildman–Crippen MR) is 72.8 cm³/mol. The lowest BCUT2D eigenvalue weighted by molar-refractivity contribution is -0.112. The molecule has 0 saturated heterocycles. The van der Waals surface area contributed by atoms with E-state index in [0.29, 0.717) is 11.4 Å². The van der Waals surface area contributed by atoms with Crippen LogP contribution in [0.2, 0.25) is 5.02 Å². The number of pyridine rings is 1. The highest BCUT2D eigenvalue weighted by Gasteiger charge is 2.26. The van der Waals surface area contributed by atoms with Gasteiger partial charge in [-0.1, -0.05) is 29.8 Å². The maximum Gasteiger partial charge on any atom is 0.130 e. The van der Waals surface area contributed by atoms with Crippen LogP contribution < -0.4 is 0 Å². The van der Waals surface area contributed by atoms with Crippen LogP contribution in [0.1, 0.15) is 18.2 Å². The summed E-state index contributed by atoms with van der Waals surface area (Å²) in [5.74, 6) is 0. The van der Waals surface area contributed by atoms with Crippen LogP contribution in [0.25, 0.3) is 0 Å². The zero-order valence-corrected chi connectivity index (χ0v) is 10.9. The molecule has 1 atom stereocenters. The third-order valence-electron chi connectivity index (χ3n) is 3.04. The number of benzene rings is 1. The summed E-state index contributed by atoms with van der Waals surface area (Å²) in [6.07, 6.45) is 3.30. The van der Waals surface area contributed by atoms with Crippen molar-refractivity contribution >= 4 is 17.9 Å². The molecule has 0 radical (unpaired) electrons. The van der Waals surface area contributed by atoms with Gasteiger partial charge in [0.1, 0.15) is 6.29 Å². The molecule has 0 bridgehead atoms. The van der Waals surface area contributed by atoms with E-state index in [-0.39, 0.29) is 0 Å². The van der Waals surface area contributed by atoms with E-state index in [1.54, 1.807) is 18.3 Å². The topological polar surface area (TPSA) is 30.0 Å². The first-order valence-electron chi connectivity index (χ1n) is 5.76.